The van der Waals surface area contributed by atoms with Gasteiger partial charge in [0.1, 0.15) is 11.6 Å². The molecule has 0 amide bonds. The first-order chi connectivity index (χ1) is 8.16. The van der Waals surface area contributed by atoms with E-state index in [-0.39, 0.29) is 10.8 Å². The average Bonchev–Trinajstić information content (AvgIpc) is 2.32. The lowest BCUT2D eigenvalue weighted by atomic mass is 10.2. The van der Waals surface area contributed by atoms with Crippen LogP contribution in [0.3, 0.4) is 0 Å². The second kappa shape index (κ2) is 4.97. The van der Waals surface area contributed by atoms with Gasteiger partial charge in [-0.1, -0.05) is 23.7 Å². The van der Waals surface area contributed by atoms with E-state index in [1.54, 1.807) is 24.3 Å². The summed E-state index contributed by atoms with van der Waals surface area (Å²) in [5, 5.41) is 9.53. The fourth-order valence-corrected chi connectivity index (χ4v) is 1.48. The lowest BCUT2D eigenvalue weighted by Crippen LogP contribution is -1.81. The number of halogens is 2. The number of hydrogen-bond donors (Lipinski definition) is 1. The molecule has 2 rings (SSSR count). The third-order valence-corrected chi connectivity index (χ3v) is 2.48. The van der Waals surface area contributed by atoms with E-state index in [2.05, 4.69) is 4.99 Å². The van der Waals surface area contributed by atoms with Gasteiger partial charge in [-0.2, -0.15) is 0 Å². The molecule has 0 heterocycles. The van der Waals surface area contributed by atoms with E-state index in [1.165, 1.54) is 24.4 Å². The second-order valence-corrected chi connectivity index (χ2v) is 3.82. The Kier molecular flexibility index (Phi) is 3.40. The Morgan fingerprint density at radius 1 is 1.18 bits per heavy atom. The zero-order chi connectivity index (χ0) is 12.3. The summed E-state index contributed by atoms with van der Waals surface area (Å²) >= 11 is 5.63. The van der Waals surface area contributed by atoms with E-state index in [0.29, 0.717) is 11.3 Å². The van der Waals surface area contributed by atoms with Gasteiger partial charge in [-0.3, -0.25) is 4.99 Å². The van der Waals surface area contributed by atoms with Crippen molar-refractivity contribution in [1.82, 2.24) is 0 Å². The number of hydrogen-bond acceptors (Lipinski definition) is 2. The standard InChI is InChI=1S/C13H9ClFNO/c14-11-7-10(5-6-12(11)15)16-8-9-3-1-2-4-13(9)17/h1-8,17H. The second-order valence-electron chi connectivity index (χ2n) is 3.42. The van der Waals surface area contributed by atoms with Crippen molar-refractivity contribution in [1.29, 1.82) is 0 Å². The maximum Gasteiger partial charge on any atom is 0.141 e. The molecule has 0 radical (unpaired) electrons. The van der Waals surface area contributed by atoms with E-state index < -0.39 is 5.82 Å². The molecule has 0 spiro atoms. The van der Waals surface area contributed by atoms with Crippen molar-refractivity contribution in [2.45, 2.75) is 0 Å². The van der Waals surface area contributed by atoms with Gasteiger partial charge in [0.25, 0.3) is 0 Å². The number of aliphatic imine (C=N–C) groups is 1. The smallest absolute Gasteiger partial charge is 0.141 e. The molecule has 2 aromatic carbocycles. The van der Waals surface area contributed by atoms with Gasteiger partial charge in [0.05, 0.1) is 10.7 Å². The minimum absolute atomic E-state index is 0.0249. The Morgan fingerprint density at radius 3 is 2.65 bits per heavy atom. The first-order valence-electron chi connectivity index (χ1n) is 4.94. The minimum Gasteiger partial charge on any atom is -0.507 e. The molecule has 0 bridgehead atoms. The van der Waals surface area contributed by atoms with Gasteiger partial charge in [0.15, 0.2) is 0 Å². The van der Waals surface area contributed by atoms with Crippen LogP contribution in [0.2, 0.25) is 5.02 Å². The molecule has 0 aliphatic rings. The van der Waals surface area contributed by atoms with Gasteiger partial charge in [-0.05, 0) is 30.3 Å². The summed E-state index contributed by atoms with van der Waals surface area (Å²) < 4.78 is 12.9. The van der Waals surface area contributed by atoms with Crippen molar-refractivity contribution >= 4 is 23.5 Å². The number of phenols is 1. The summed E-state index contributed by atoms with van der Waals surface area (Å²) in [6.07, 6.45) is 1.50. The number of benzene rings is 2. The molecule has 0 aliphatic heterocycles. The molecule has 0 aliphatic carbocycles. The predicted molar refractivity (Wildman–Crippen MR) is 66.8 cm³/mol. The van der Waals surface area contributed by atoms with Crippen LogP contribution >= 0.6 is 11.6 Å². The lowest BCUT2D eigenvalue weighted by Gasteiger charge is -1.98. The molecule has 17 heavy (non-hydrogen) atoms. The minimum atomic E-state index is -0.479. The van der Waals surface area contributed by atoms with E-state index in [0.717, 1.165) is 0 Å². The van der Waals surface area contributed by atoms with Gasteiger partial charge in [0.2, 0.25) is 0 Å². The average molecular weight is 250 g/mol. The summed E-state index contributed by atoms with van der Waals surface area (Å²) in [4.78, 5) is 4.10. The molecular formula is C13H9ClFNO. The predicted octanol–water partition coefficient (Wildman–Crippen LogP) is 3.94. The lowest BCUT2D eigenvalue weighted by molar-refractivity contribution is 0.474. The maximum atomic E-state index is 12.9. The van der Waals surface area contributed by atoms with Crippen molar-refractivity contribution in [2.75, 3.05) is 0 Å². The Morgan fingerprint density at radius 2 is 1.94 bits per heavy atom. The fraction of sp³-hybridized carbons (Fsp3) is 0. The van der Waals surface area contributed by atoms with Crippen LogP contribution in [0.5, 0.6) is 5.75 Å². The molecule has 0 unspecified atom stereocenters. The Labute approximate surface area is 103 Å². The molecule has 1 N–H and O–H groups in total. The van der Waals surface area contributed by atoms with Crippen LogP contribution in [0.1, 0.15) is 5.56 Å². The third kappa shape index (κ3) is 2.82. The topological polar surface area (TPSA) is 32.6 Å². The van der Waals surface area contributed by atoms with Crippen LogP contribution in [0.4, 0.5) is 10.1 Å². The van der Waals surface area contributed by atoms with Crippen LogP contribution in [0.25, 0.3) is 0 Å². The first kappa shape index (κ1) is 11.6. The number of para-hydroxylation sites is 1. The van der Waals surface area contributed by atoms with Gasteiger partial charge < -0.3 is 5.11 Å². The fourth-order valence-electron chi connectivity index (χ4n) is 1.31. The number of aromatic hydroxyl groups is 1. The van der Waals surface area contributed by atoms with Crippen molar-refractivity contribution < 1.29 is 9.50 Å². The zero-order valence-electron chi connectivity index (χ0n) is 8.77. The highest BCUT2D eigenvalue weighted by Crippen LogP contribution is 2.22. The number of rotatable bonds is 2. The number of nitrogens with zero attached hydrogens (tertiary/aromatic N) is 1. The molecular weight excluding hydrogens is 241 g/mol. The van der Waals surface area contributed by atoms with Crippen LogP contribution in [-0.2, 0) is 0 Å². The highest BCUT2D eigenvalue weighted by Gasteiger charge is 1.99. The summed E-state index contributed by atoms with van der Waals surface area (Å²) in [5.74, 6) is -0.336. The largest absolute Gasteiger partial charge is 0.507 e. The molecule has 0 aromatic heterocycles. The Bertz CT molecular complexity index is 569. The van der Waals surface area contributed by atoms with Crippen molar-refractivity contribution in [3.05, 3.63) is 58.9 Å². The van der Waals surface area contributed by atoms with Crippen LogP contribution in [-0.4, -0.2) is 11.3 Å². The molecule has 0 saturated heterocycles. The SMILES string of the molecule is Oc1ccccc1C=Nc1ccc(F)c(Cl)c1. The van der Waals surface area contributed by atoms with Gasteiger partial charge >= 0.3 is 0 Å². The summed E-state index contributed by atoms with van der Waals surface area (Å²) in [7, 11) is 0. The molecule has 0 atom stereocenters. The quantitative estimate of drug-likeness (QED) is 0.804. The monoisotopic (exact) mass is 249 g/mol. The van der Waals surface area contributed by atoms with E-state index >= 15 is 0 Å². The summed E-state index contributed by atoms with van der Waals surface area (Å²) in [6, 6.07) is 11.0. The van der Waals surface area contributed by atoms with Crippen molar-refractivity contribution in [2.24, 2.45) is 4.99 Å². The van der Waals surface area contributed by atoms with Crippen LogP contribution in [0.15, 0.2) is 47.5 Å². The van der Waals surface area contributed by atoms with E-state index in [4.69, 9.17) is 11.6 Å². The molecule has 0 fully saturated rings. The molecule has 2 nitrogen and oxygen atoms in total. The number of phenolic OH excluding ortho intramolecular Hbond substituents is 1. The van der Waals surface area contributed by atoms with Crippen molar-refractivity contribution in [3.8, 4) is 5.75 Å². The van der Waals surface area contributed by atoms with E-state index in [9.17, 15) is 9.50 Å². The summed E-state index contributed by atoms with van der Waals surface area (Å²) in [6.45, 7) is 0. The van der Waals surface area contributed by atoms with Crippen LogP contribution < -0.4 is 0 Å². The van der Waals surface area contributed by atoms with Gasteiger partial charge in [-0.25, -0.2) is 4.39 Å². The van der Waals surface area contributed by atoms with E-state index in [1.807, 2.05) is 0 Å². The van der Waals surface area contributed by atoms with Crippen molar-refractivity contribution in [3.63, 3.8) is 0 Å². The van der Waals surface area contributed by atoms with Crippen LogP contribution in [0, 0.1) is 5.82 Å². The maximum absolute atomic E-state index is 12.9. The Balaban J connectivity index is 2.26. The molecule has 0 saturated carbocycles. The highest BCUT2D eigenvalue weighted by atomic mass is 35.5. The van der Waals surface area contributed by atoms with Gasteiger partial charge in [0, 0.05) is 11.8 Å². The third-order valence-electron chi connectivity index (χ3n) is 2.19. The van der Waals surface area contributed by atoms with Gasteiger partial charge in [-0.15, -0.1) is 0 Å². The normalized spacial score (nSPS) is 10.9. The highest BCUT2D eigenvalue weighted by molar-refractivity contribution is 6.31. The molecule has 86 valence electrons. The zero-order valence-corrected chi connectivity index (χ0v) is 9.53. The first-order valence-corrected chi connectivity index (χ1v) is 5.32. The molecule has 4 heteroatoms. The molecule has 2 aromatic rings. The summed E-state index contributed by atoms with van der Waals surface area (Å²) in [5.41, 5.74) is 1.12. The Hall–Kier alpha value is -1.87.